The summed E-state index contributed by atoms with van der Waals surface area (Å²) in [6.07, 6.45) is -0.0498. The van der Waals surface area contributed by atoms with Gasteiger partial charge >= 0.3 is 0 Å². The van der Waals surface area contributed by atoms with Crippen LogP contribution in [0.15, 0.2) is 0 Å². The van der Waals surface area contributed by atoms with Gasteiger partial charge in [-0.3, -0.25) is 9.59 Å². The van der Waals surface area contributed by atoms with Gasteiger partial charge < -0.3 is 9.84 Å². The second-order valence-corrected chi connectivity index (χ2v) is 1.47. The van der Waals surface area contributed by atoms with Gasteiger partial charge in [0, 0.05) is 6.32 Å². The molecule has 0 aromatic heterocycles. The number of esters is 1. The lowest BCUT2D eigenvalue weighted by molar-refractivity contribution is -0.137. The van der Waals surface area contributed by atoms with E-state index in [2.05, 4.69) is 4.74 Å². The molecule has 0 fully saturated rings. The van der Waals surface area contributed by atoms with Crippen LogP contribution in [0.2, 0.25) is 6.32 Å². The maximum Gasteiger partial charge on any atom is 0.298 e. The molecule has 9 heavy (non-hydrogen) atoms. The van der Waals surface area contributed by atoms with Crippen LogP contribution in [0.1, 0.15) is 0 Å². The van der Waals surface area contributed by atoms with Crippen LogP contribution < -0.4 is 0 Å². The molecule has 0 saturated carbocycles. The van der Waals surface area contributed by atoms with Gasteiger partial charge in [0.1, 0.15) is 0 Å². The highest BCUT2D eigenvalue weighted by atomic mass is 16.5. The molecule has 0 aliphatic rings. The Labute approximate surface area is 53.1 Å². The predicted molar refractivity (Wildman–Crippen MR) is 32.0 cm³/mol. The molecule has 0 aromatic rings. The molecule has 0 bridgehead atoms. The zero-order valence-electron chi connectivity index (χ0n) is 5.09. The van der Waals surface area contributed by atoms with Crippen molar-refractivity contribution in [3.05, 3.63) is 0 Å². The van der Waals surface area contributed by atoms with Gasteiger partial charge in [0.15, 0.2) is 0 Å². The summed E-state index contributed by atoms with van der Waals surface area (Å²) in [4.78, 5) is 20.0. The topological polar surface area (TPSA) is 63.6 Å². The van der Waals surface area contributed by atoms with Gasteiger partial charge in [-0.1, -0.05) is 0 Å². The molecular weight excluding hydrogens is 123 g/mol. The van der Waals surface area contributed by atoms with Gasteiger partial charge in [-0.05, 0) is 0 Å². The minimum Gasteiger partial charge on any atom is -0.489 e. The summed E-state index contributed by atoms with van der Waals surface area (Å²) in [5.41, 5.74) is 0. The lowest BCUT2D eigenvalue weighted by atomic mass is 9.75. The van der Waals surface area contributed by atoms with Gasteiger partial charge in [-0.25, -0.2) is 0 Å². The lowest BCUT2D eigenvalue weighted by Crippen LogP contribution is -2.11. The molecule has 0 rings (SSSR count). The Kier molecular flexibility index (Phi) is 3.51. The highest BCUT2D eigenvalue weighted by Crippen LogP contribution is 1.82. The number of methoxy groups -OCH3 is 1. The van der Waals surface area contributed by atoms with Crippen molar-refractivity contribution in [1.82, 2.24) is 0 Å². The standard InChI is InChI=1S/C4H7BO4/c1-9-3(6)2-5-4(7)8/h5H,2H2,1H3,(H,7,8). The largest absolute Gasteiger partial charge is 0.489 e. The first-order valence-corrected chi connectivity index (χ1v) is 2.45. The van der Waals surface area contributed by atoms with Crippen molar-refractivity contribution in [2.45, 2.75) is 6.32 Å². The molecule has 4 nitrogen and oxygen atoms in total. The molecule has 0 aromatic carbocycles. The highest BCUT2D eigenvalue weighted by Gasteiger charge is 2.06. The summed E-state index contributed by atoms with van der Waals surface area (Å²) in [5.74, 6) is -1.47. The number of carbonyl (C=O) groups excluding carboxylic acids is 1. The molecular formula is C4H7BO4. The van der Waals surface area contributed by atoms with Crippen molar-refractivity contribution >= 4 is 19.1 Å². The molecule has 50 valence electrons. The smallest absolute Gasteiger partial charge is 0.298 e. The molecule has 5 heteroatoms. The maximum atomic E-state index is 10.2. The van der Waals surface area contributed by atoms with Crippen molar-refractivity contribution in [3.8, 4) is 0 Å². The third kappa shape index (κ3) is 4.87. The first-order valence-electron chi connectivity index (χ1n) is 2.45. The SMILES string of the molecule is COC(=O)CBC(=O)O. The Morgan fingerprint density at radius 1 is 1.67 bits per heavy atom. The van der Waals surface area contributed by atoms with Crippen LogP contribution in [0.5, 0.6) is 0 Å². The summed E-state index contributed by atoms with van der Waals surface area (Å²) >= 11 is 0. The minimum absolute atomic E-state index is 0.0498. The first kappa shape index (κ1) is 8.00. The molecule has 0 heterocycles. The minimum atomic E-state index is -0.986. The fraction of sp³-hybridized carbons (Fsp3) is 0.500. The third-order valence-corrected chi connectivity index (χ3v) is 0.771. The van der Waals surface area contributed by atoms with Crippen LogP contribution in [-0.4, -0.2) is 31.3 Å². The number of hydrogen-bond donors (Lipinski definition) is 1. The zero-order valence-corrected chi connectivity index (χ0v) is 5.09. The monoisotopic (exact) mass is 130 g/mol. The average Bonchev–Trinajstić information content (AvgIpc) is 1.83. The van der Waals surface area contributed by atoms with E-state index in [4.69, 9.17) is 5.11 Å². The van der Waals surface area contributed by atoms with Gasteiger partial charge in [-0.2, -0.15) is 0 Å². The van der Waals surface area contributed by atoms with Crippen LogP contribution in [0.4, 0.5) is 4.79 Å². The first-order chi connectivity index (χ1) is 4.16. The predicted octanol–water partition coefficient (Wildman–Crippen LogP) is -0.308. The Balaban J connectivity index is 3.28. The number of hydrogen-bond acceptors (Lipinski definition) is 3. The van der Waals surface area contributed by atoms with E-state index < -0.39 is 11.8 Å². The van der Waals surface area contributed by atoms with Gasteiger partial charge in [-0.15, -0.1) is 0 Å². The maximum absolute atomic E-state index is 10.2. The molecule has 0 saturated heterocycles. The molecule has 0 aliphatic heterocycles. The summed E-state index contributed by atoms with van der Waals surface area (Å²) in [6, 6.07) is 0. The second kappa shape index (κ2) is 3.94. The Morgan fingerprint density at radius 3 is 2.56 bits per heavy atom. The number of rotatable bonds is 3. The zero-order chi connectivity index (χ0) is 7.28. The summed E-state index contributed by atoms with van der Waals surface area (Å²) < 4.78 is 4.20. The Hall–Kier alpha value is -0.995. The molecule has 0 spiro atoms. The van der Waals surface area contributed by atoms with Gasteiger partial charge in [0.05, 0.1) is 7.11 Å². The number of carboxylic acid groups (broad SMARTS) is 1. The normalized spacial score (nSPS) is 8.11. The Morgan fingerprint density at radius 2 is 2.22 bits per heavy atom. The van der Waals surface area contributed by atoms with E-state index >= 15 is 0 Å². The van der Waals surface area contributed by atoms with E-state index in [0.717, 1.165) is 0 Å². The average molecular weight is 130 g/mol. The van der Waals surface area contributed by atoms with E-state index in [1.807, 2.05) is 0 Å². The lowest BCUT2D eigenvalue weighted by Gasteiger charge is -1.91. The van der Waals surface area contributed by atoms with E-state index in [1.165, 1.54) is 7.11 Å². The van der Waals surface area contributed by atoms with Crippen LogP contribution >= 0.6 is 0 Å². The number of ether oxygens (including phenoxy) is 1. The van der Waals surface area contributed by atoms with Crippen molar-refractivity contribution in [1.29, 1.82) is 0 Å². The molecule has 1 N–H and O–H groups in total. The van der Waals surface area contributed by atoms with Crippen molar-refractivity contribution in [2.75, 3.05) is 7.11 Å². The van der Waals surface area contributed by atoms with E-state index in [1.54, 1.807) is 0 Å². The quantitative estimate of drug-likeness (QED) is 0.420. The fourth-order valence-electron chi connectivity index (χ4n) is 0.311. The van der Waals surface area contributed by atoms with Crippen LogP contribution in [0.25, 0.3) is 0 Å². The Bertz CT molecular complexity index is 122. The van der Waals surface area contributed by atoms with Crippen molar-refractivity contribution in [2.24, 2.45) is 0 Å². The van der Waals surface area contributed by atoms with Crippen LogP contribution in [-0.2, 0) is 9.53 Å². The fourth-order valence-corrected chi connectivity index (χ4v) is 0.311. The van der Waals surface area contributed by atoms with E-state index in [0.29, 0.717) is 0 Å². The highest BCUT2D eigenvalue weighted by molar-refractivity contribution is 6.73. The third-order valence-electron chi connectivity index (χ3n) is 0.771. The molecule has 0 atom stereocenters. The molecule has 0 amide bonds. The molecule has 0 aliphatic carbocycles. The second-order valence-electron chi connectivity index (χ2n) is 1.47. The van der Waals surface area contributed by atoms with E-state index in [-0.39, 0.29) is 13.6 Å². The summed E-state index contributed by atoms with van der Waals surface area (Å²) in [7, 11) is 1.07. The molecule has 0 unspecified atom stereocenters. The van der Waals surface area contributed by atoms with Crippen molar-refractivity contribution < 1.29 is 19.4 Å². The van der Waals surface area contributed by atoms with Gasteiger partial charge in [0.25, 0.3) is 13.2 Å². The summed E-state index contributed by atoms with van der Waals surface area (Å²) in [5, 5.41) is 8.05. The van der Waals surface area contributed by atoms with Gasteiger partial charge in [0.2, 0.25) is 5.87 Å². The molecule has 0 radical (unpaired) electrons. The van der Waals surface area contributed by atoms with Crippen molar-refractivity contribution in [3.63, 3.8) is 0 Å². The summed E-state index contributed by atoms with van der Waals surface area (Å²) in [6.45, 7) is 0. The van der Waals surface area contributed by atoms with Crippen LogP contribution in [0.3, 0.4) is 0 Å². The van der Waals surface area contributed by atoms with Crippen LogP contribution in [0, 0.1) is 0 Å². The number of carbonyl (C=O) groups is 2. The van der Waals surface area contributed by atoms with E-state index in [9.17, 15) is 9.59 Å².